The fourth-order valence-corrected chi connectivity index (χ4v) is 4.42. The van der Waals surface area contributed by atoms with E-state index in [2.05, 4.69) is 24.3 Å². The summed E-state index contributed by atoms with van der Waals surface area (Å²) in [6.07, 6.45) is 6.38. The molecule has 1 unspecified atom stereocenters. The van der Waals surface area contributed by atoms with Gasteiger partial charge in [-0.3, -0.25) is 4.79 Å². The van der Waals surface area contributed by atoms with Gasteiger partial charge in [-0.25, -0.2) is 4.79 Å². The molecule has 1 heterocycles. The Morgan fingerprint density at radius 3 is 2.45 bits per heavy atom. The van der Waals surface area contributed by atoms with E-state index < -0.39 is 18.0 Å². The number of aryl methyl sites for hydroxylation is 1. The summed E-state index contributed by atoms with van der Waals surface area (Å²) in [5.41, 5.74) is 3.85. The standard InChI is InChI=1S/C31H33NO6/c33-29(34)13-7-20-32-22-28(31(35)36)38-30-25(11-6-12-27(30)32)17-14-24-15-18-26(19-16-24)37-21-5-4-10-23-8-2-1-3-9-23/h1-3,6,8-9,11-12,14-19,28H,4-5,7,10,13,20-22H2,(H,33,34)(H,35,36)/b17-14+. The van der Waals surface area contributed by atoms with Crippen LogP contribution in [0, 0.1) is 0 Å². The van der Waals surface area contributed by atoms with Gasteiger partial charge >= 0.3 is 11.9 Å². The molecular weight excluding hydrogens is 482 g/mol. The molecule has 4 rings (SSSR count). The van der Waals surface area contributed by atoms with Crippen LogP contribution in [0.3, 0.4) is 0 Å². The van der Waals surface area contributed by atoms with Crippen LogP contribution in [-0.4, -0.2) is 48.0 Å². The molecule has 0 saturated heterocycles. The highest BCUT2D eigenvalue weighted by molar-refractivity contribution is 5.81. The summed E-state index contributed by atoms with van der Waals surface area (Å²) < 4.78 is 11.7. The Morgan fingerprint density at radius 1 is 0.921 bits per heavy atom. The molecule has 3 aromatic carbocycles. The van der Waals surface area contributed by atoms with E-state index in [1.807, 2.05) is 65.6 Å². The van der Waals surface area contributed by atoms with Crippen LogP contribution in [0.1, 0.15) is 42.4 Å². The number of carbonyl (C=O) groups is 2. The van der Waals surface area contributed by atoms with Gasteiger partial charge in [0, 0.05) is 18.5 Å². The highest BCUT2D eigenvalue weighted by Crippen LogP contribution is 2.38. The van der Waals surface area contributed by atoms with E-state index in [-0.39, 0.29) is 13.0 Å². The summed E-state index contributed by atoms with van der Waals surface area (Å²) in [7, 11) is 0. The summed E-state index contributed by atoms with van der Waals surface area (Å²) in [5.74, 6) is -0.602. The Kier molecular flexibility index (Phi) is 9.40. The number of anilines is 1. The van der Waals surface area contributed by atoms with Gasteiger partial charge < -0.3 is 24.6 Å². The minimum Gasteiger partial charge on any atom is -0.494 e. The van der Waals surface area contributed by atoms with Crippen molar-refractivity contribution in [2.75, 3.05) is 24.6 Å². The van der Waals surface area contributed by atoms with Crippen LogP contribution in [0.25, 0.3) is 12.2 Å². The fraction of sp³-hybridized carbons (Fsp3) is 0.290. The summed E-state index contributed by atoms with van der Waals surface area (Å²) in [6, 6.07) is 23.9. The third-order valence-electron chi connectivity index (χ3n) is 6.41. The van der Waals surface area contributed by atoms with Crippen molar-refractivity contribution in [3.05, 3.63) is 89.5 Å². The summed E-state index contributed by atoms with van der Waals surface area (Å²) in [4.78, 5) is 24.5. The lowest BCUT2D eigenvalue weighted by molar-refractivity contribution is -0.145. The molecule has 7 heteroatoms. The quantitative estimate of drug-likeness (QED) is 0.220. The van der Waals surface area contributed by atoms with Crippen molar-refractivity contribution in [3.8, 4) is 11.5 Å². The van der Waals surface area contributed by atoms with Gasteiger partial charge in [-0.05, 0) is 55.0 Å². The third kappa shape index (κ3) is 7.62. The molecule has 1 atom stereocenters. The highest BCUT2D eigenvalue weighted by atomic mass is 16.5. The molecule has 0 amide bonds. The van der Waals surface area contributed by atoms with E-state index in [0.29, 0.717) is 25.3 Å². The monoisotopic (exact) mass is 515 g/mol. The van der Waals surface area contributed by atoms with Crippen molar-refractivity contribution in [3.63, 3.8) is 0 Å². The van der Waals surface area contributed by atoms with Gasteiger partial charge in [-0.15, -0.1) is 0 Å². The number of benzene rings is 3. The Hall–Kier alpha value is -4.26. The van der Waals surface area contributed by atoms with E-state index in [0.717, 1.165) is 41.8 Å². The Morgan fingerprint density at radius 2 is 1.71 bits per heavy atom. The van der Waals surface area contributed by atoms with Gasteiger partial charge in [0.05, 0.1) is 18.8 Å². The average molecular weight is 516 g/mol. The number of carboxylic acid groups (broad SMARTS) is 2. The molecule has 1 aliphatic rings. The normalized spacial score (nSPS) is 14.6. The molecule has 7 nitrogen and oxygen atoms in total. The van der Waals surface area contributed by atoms with E-state index in [9.17, 15) is 14.7 Å². The number of rotatable bonds is 13. The smallest absolute Gasteiger partial charge is 0.346 e. The Labute approximate surface area is 222 Å². The lowest BCUT2D eigenvalue weighted by atomic mass is 10.1. The summed E-state index contributed by atoms with van der Waals surface area (Å²) in [5, 5.41) is 18.6. The van der Waals surface area contributed by atoms with Crippen LogP contribution >= 0.6 is 0 Å². The topological polar surface area (TPSA) is 96.3 Å². The van der Waals surface area contributed by atoms with Crippen LogP contribution in [0.4, 0.5) is 5.69 Å². The fourth-order valence-electron chi connectivity index (χ4n) is 4.42. The zero-order chi connectivity index (χ0) is 26.7. The maximum Gasteiger partial charge on any atom is 0.346 e. The van der Waals surface area contributed by atoms with E-state index in [1.165, 1.54) is 5.56 Å². The first-order valence-electron chi connectivity index (χ1n) is 12.9. The molecule has 198 valence electrons. The number of carboxylic acids is 2. The van der Waals surface area contributed by atoms with Crippen LogP contribution < -0.4 is 14.4 Å². The number of unbranched alkanes of at least 4 members (excludes halogenated alkanes) is 1. The molecule has 0 fully saturated rings. The lowest BCUT2D eigenvalue weighted by Crippen LogP contribution is -2.45. The van der Waals surface area contributed by atoms with Gasteiger partial charge in [-0.2, -0.15) is 0 Å². The second-order valence-electron chi connectivity index (χ2n) is 9.28. The molecule has 3 aromatic rings. The van der Waals surface area contributed by atoms with E-state index in [4.69, 9.17) is 14.6 Å². The molecule has 0 radical (unpaired) electrons. The zero-order valence-corrected chi connectivity index (χ0v) is 21.3. The minimum absolute atomic E-state index is 0.0252. The second kappa shape index (κ2) is 13.3. The van der Waals surface area contributed by atoms with Crippen LogP contribution in [0.2, 0.25) is 0 Å². The number of para-hydroxylation sites is 1. The summed E-state index contributed by atoms with van der Waals surface area (Å²) >= 11 is 0. The van der Waals surface area contributed by atoms with Crippen molar-refractivity contribution in [2.45, 2.75) is 38.2 Å². The minimum atomic E-state index is -1.05. The largest absolute Gasteiger partial charge is 0.494 e. The average Bonchev–Trinajstić information content (AvgIpc) is 2.92. The number of nitrogens with zero attached hydrogens (tertiary/aromatic N) is 1. The van der Waals surface area contributed by atoms with Crippen molar-refractivity contribution < 1.29 is 29.3 Å². The van der Waals surface area contributed by atoms with E-state index >= 15 is 0 Å². The van der Waals surface area contributed by atoms with Gasteiger partial charge in [0.15, 0.2) is 5.75 Å². The molecule has 0 bridgehead atoms. The van der Waals surface area contributed by atoms with Gasteiger partial charge in [0.25, 0.3) is 0 Å². The van der Waals surface area contributed by atoms with Crippen molar-refractivity contribution in [2.24, 2.45) is 0 Å². The van der Waals surface area contributed by atoms with Crippen LogP contribution in [0.5, 0.6) is 11.5 Å². The zero-order valence-electron chi connectivity index (χ0n) is 21.3. The van der Waals surface area contributed by atoms with Gasteiger partial charge in [-0.1, -0.05) is 66.7 Å². The van der Waals surface area contributed by atoms with Crippen LogP contribution in [-0.2, 0) is 16.0 Å². The maximum absolute atomic E-state index is 11.7. The lowest BCUT2D eigenvalue weighted by Gasteiger charge is -2.35. The van der Waals surface area contributed by atoms with Crippen molar-refractivity contribution >= 4 is 29.8 Å². The predicted octanol–water partition coefficient (Wildman–Crippen LogP) is 5.78. The number of fused-ring (bicyclic) bond motifs is 1. The first kappa shape index (κ1) is 26.8. The SMILES string of the molecule is O=C(O)CCCN1CC(C(=O)O)Oc2c(/C=C/c3ccc(OCCCCc4ccccc4)cc3)cccc21. The third-order valence-corrected chi connectivity index (χ3v) is 6.41. The van der Waals surface area contributed by atoms with Crippen LogP contribution in [0.15, 0.2) is 72.8 Å². The van der Waals surface area contributed by atoms with Gasteiger partial charge in [0.2, 0.25) is 6.10 Å². The maximum atomic E-state index is 11.7. The first-order chi connectivity index (χ1) is 18.5. The molecule has 0 aromatic heterocycles. The number of hydrogen-bond donors (Lipinski definition) is 2. The van der Waals surface area contributed by atoms with Crippen molar-refractivity contribution in [1.29, 1.82) is 0 Å². The Balaban J connectivity index is 1.35. The molecule has 0 aliphatic carbocycles. The van der Waals surface area contributed by atoms with Crippen molar-refractivity contribution in [1.82, 2.24) is 0 Å². The molecule has 1 aliphatic heterocycles. The molecular formula is C31H33NO6. The Bertz CT molecular complexity index is 1240. The number of aliphatic carboxylic acids is 2. The predicted molar refractivity (Wildman–Crippen MR) is 148 cm³/mol. The molecule has 0 saturated carbocycles. The molecule has 0 spiro atoms. The number of hydrogen-bond acceptors (Lipinski definition) is 5. The summed E-state index contributed by atoms with van der Waals surface area (Å²) in [6.45, 7) is 1.28. The second-order valence-corrected chi connectivity index (χ2v) is 9.28. The first-order valence-corrected chi connectivity index (χ1v) is 12.9. The van der Waals surface area contributed by atoms with Gasteiger partial charge in [0.1, 0.15) is 5.75 Å². The molecule has 38 heavy (non-hydrogen) atoms. The number of ether oxygens (including phenoxy) is 2. The molecule has 2 N–H and O–H groups in total. The highest BCUT2D eigenvalue weighted by Gasteiger charge is 2.31. The van der Waals surface area contributed by atoms with E-state index in [1.54, 1.807) is 0 Å².